The molecular weight excluding hydrogens is 422 g/mol. The van der Waals surface area contributed by atoms with Gasteiger partial charge in [0.15, 0.2) is 5.78 Å². The first-order valence-electron chi connectivity index (χ1n) is 5.93. The van der Waals surface area contributed by atoms with Crippen LogP contribution in [0.15, 0.2) is 33.2 Å². The highest BCUT2D eigenvalue weighted by molar-refractivity contribution is 9.13. The lowest BCUT2D eigenvalue weighted by molar-refractivity contribution is -0.386. The number of phenols is 1. The summed E-state index contributed by atoms with van der Waals surface area (Å²) in [5.74, 6) is -1.79. The summed E-state index contributed by atoms with van der Waals surface area (Å²) >= 11 is 5.99. The Kier molecular flexibility index (Phi) is 3.37. The number of hydrogen-bond acceptors (Lipinski definition) is 5. The molecule has 1 N–H and O–H groups in total. The van der Waals surface area contributed by atoms with E-state index < -0.39 is 33.5 Å². The first-order chi connectivity index (χ1) is 10.4. The Labute approximate surface area is 140 Å². The topological polar surface area (TPSA) is 97.5 Å². The molecule has 2 aromatic carbocycles. The van der Waals surface area contributed by atoms with Crippen molar-refractivity contribution in [3.63, 3.8) is 0 Å². The number of carbonyl (C=O) groups is 2. The van der Waals surface area contributed by atoms with Gasteiger partial charge in [-0.1, -0.05) is 24.3 Å². The maximum atomic E-state index is 12.6. The quantitative estimate of drug-likeness (QED) is 0.473. The molecular formula is C14H5Br2NO5. The number of phenolic OH excluding ortho intramolecular Hbond substituents is 1. The first-order valence-corrected chi connectivity index (χ1v) is 7.51. The molecule has 0 amide bonds. The number of nitrogens with zero attached hydrogens (tertiary/aromatic N) is 1. The minimum absolute atomic E-state index is 0.0431. The zero-order valence-corrected chi connectivity index (χ0v) is 13.8. The zero-order valence-electron chi connectivity index (χ0n) is 10.6. The number of carbonyl (C=O) groups excluding carboxylic acids is 2. The second kappa shape index (κ2) is 4.99. The number of benzene rings is 2. The van der Waals surface area contributed by atoms with Crippen LogP contribution in [-0.2, 0) is 0 Å². The molecule has 0 spiro atoms. The molecule has 1 aliphatic carbocycles. The third-order valence-electron chi connectivity index (χ3n) is 3.39. The summed E-state index contributed by atoms with van der Waals surface area (Å²) in [7, 11) is 0. The molecule has 0 bridgehead atoms. The SMILES string of the molecule is O=C1c2ccccc2C(=O)c2c1c(O)c(Br)c(Br)c2[N+](=O)[O-]. The van der Waals surface area contributed by atoms with Crippen molar-refractivity contribution in [1.29, 1.82) is 0 Å². The van der Waals surface area contributed by atoms with E-state index in [1.807, 2.05) is 0 Å². The van der Waals surface area contributed by atoms with Crippen molar-refractivity contribution in [2.45, 2.75) is 0 Å². The number of halogens is 2. The molecule has 0 aromatic heterocycles. The molecule has 22 heavy (non-hydrogen) atoms. The summed E-state index contributed by atoms with van der Waals surface area (Å²) < 4.78 is -0.132. The molecule has 0 radical (unpaired) electrons. The summed E-state index contributed by atoms with van der Waals surface area (Å²) in [6, 6.07) is 6.01. The van der Waals surface area contributed by atoms with Gasteiger partial charge in [0.1, 0.15) is 15.8 Å². The molecule has 0 fully saturated rings. The number of ketones is 2. The molecule has 110 valence electrons. The number of rotatable bonds is 1. The molecule has 0 unspecified atom stereocenters. The number of nitro benzene ring substituents is 1. The van der Waals surface area contributed by atoms with Crippen LogP contribution in [0, 0.1) is 10.1 Å². The van der Waals surface area contributed by atoms with E-state index in [9.17, 15) is 24.8 Å². The maximum Gasteiger partial charge on any atom is 0.296 e. The van der Waals surface area contributed by atoms with Crippen molar-refractivity contribution < 1.29 is 19.6 Å². The van der Waals surface area contributed by atoms with Crippen LogP contribution in [0.3, 0.4) is 0 Å². The molecule has 0 heterocycles. The third kappa shape index (κ3) is 1.84. The molecule has 6 nitrogen and oxygen atoms in total. The van der Waals surface area contributed by atoms with Gasteiger partial charge in [0.2, 0.25) is 5.78 Å². The standard InChI is InChI=1S/C14H5Br2NO5/c15-9-10(16)14(20)8-7(11(9)17(21)22)12(18)5-3-1-2-4-6(5)13(8)19/h1-4,20H. The second-order valence-corrected chi connectivity index (χ2v) is 6.12. The average Bonchev–Trinajstić information content (AvgIpc) is 2.49. The largest absolute Gasteiger partial charge is 0.506 e. The Balaban J connectivity index is 2.50. The van der Waals surface area contributed by atoms with Crippen LogP contribution in [0.1, 0.15) is 31.8 Å². The van der Waals surface area contributed by atoms with Crippen molar-refractivity contribution in [1.82, 2.24) is 0 Å². The monoisotopic (exact) mass is 425 g/mol. The van der Waals surface area contributed by atoms with Gasteiger partial charge >= 0.3 is 0 Å². The molecule has 1 aliphatic rings. The third-order valence-corrected chi connectivity index (χ3v) is 5.46. The van der Waals surface area contributed by atoms with Crippen molar-refractivity contribution in [3.8, 4) is 5.75 Å². The number of aromatic hydroxyl groups is 1. The van der Waals surface area contributed by atoms with Crippen molar-refractivity contribution >= 4 is 49.1 Å². The van der Waals surface area contributed by atoms with Crippen molar-refractivity contribution in [2.75, 3.05) is 0 Å². The number of nitro groups is 1. The highest BCUT2D eigenvalue weighted by Gasteiger charge is 2.40. The van der Waals surface area contributed by atoms with Gasteiger partial charge in [-0.2, -0.15) is 0 Å². The summed E-state index contributed by atoms with van der Waals surface area (Å²) in [6.45, 7) is 0. The van der Waals surface area contributed by atoms with Gasteiger partial charge in [-0.05, 0) is 31.9 Å². The Hall–Kier alpha value is -2.06. The minimum atomic E-state index is -0.758. The lowest BCUT2D eigenvalue weighted by Gasteiger charge is -2.19. The van der Waals surface area contributed by atoms with E-state index in [0.29, 0.717) is 0 Å². The number of fused-ring (bicyclic) bond motifs is 2. The Morgan fingerprint density at radius 1 is 0.955 bits per heavy atom. The van der Waals surface area contributed by atoms with Crippen LogP contribution in [0.25, 0.3) is 0 Å². The minimum Gasteiger partial charge on any atom is -0.506 e. The van der Waals surface area contributed by atoms with Gasteiger partial charge < -0.3 is 5.11 Å². The average molecular weight is 427 g/mol. The Morgan fingerprint density at radius 3 is 1.95 bits per heavy atom. The van der Waals surface area contributed by atoms with E-state index in [1.165, 1.54) is 12.1 Å². The van der Waals surface area contributed by atoms with Crippen LogP contribution in [0.4, 0.5) is 5.69 Å². The Morgan fingerprint density at radius 2 is 1.45 bits per heavy atom. The smallest absolute Gasteiger partial charge is 0.296 e. The Bertz CT molecular complexity index is 891. The second-order valence-electron chi connectivity index (χ2n) is 4.54. The lowest BCUT2D eigenvalue weighted by atomic mass is 9.83. The molecule has 0 atom stereocenters. The van der Waals surface area contributed by atoms with E-state index in [-0.39, 0.29) is 25.6 Å². The molecule has 0 saturated heterocycles. The fourth-order valence-electron chi connectivity index (χ4n) is 2.43. The predicted molar refractivity (Wildman–Crippen MR) is 83.5 cm³/mol. The molecule has 0 saturated carbocycles. The van der Waals surface area contributed by atoms with E-state index in [0.717, 1.165) is 0 Å². The highest BCUT2D eigenvalue weighted by Crippen LogP contribution is 2.47. The van der Waals surface area contributed by atoms with Crippen LogP contribution in [0.5, 0.6) is 5.75 Å². The van der Waals surface area contributed by atoms with E-state index in [1.54, 1.807) is 12.1 Å². The molecule has 3 rings (SSSR count). The van der Waals surface area contributed by atoms with Gasteiger partial charge in [0, 0.05) is 11.1 Å². The summed E-state index contributed by atoms with van der Waals surface area (Å²) in [5, 5.41) is 21.5. The predicted octanol–water partition coefficient (Wildman–Crippen LogP) is 3.60. The van der Waals surface area contributed by atoms with Gasteiger partial charge in [0.05, 0.1) is 15.0 Å². The van der Waals surface area contributed by atoms with E-state index >= 15 is 0 Å². The summed E-state index contributed by atoms with van der Waals surface area (Å²) in [5.41, 5.74) is -1.12. The molecule has 2 aromatic rings. The van der Waals surface area contributed by atoms with Crippen LogP contribution in [-0.4, -0.2) is 21.6 Å². The van der Waals surface area contributed by atoms with Crippen LogP contribution >= 0.6 is 31.9 Å². The first kappa shape index (κ1) is 14.9. The lowest BCUT2D eigenvalue weighted by Crippen LogP contribution is -2.22. The number of hydrogen-bond donors (Lipinski definition) is 1. The molecule has 8 heteroatoms. The fourth-order valence-corrected chi connectivity index (χ4v) is 3.34. The van der Waals surface area contributed by atoms with Gasteiger partial charge in [-0.15, -0.1) is 0 Å². The maximum absolute atomic E-state index is 12.6. The molecule has 0 aliphatic heterocycles. The van der Waals surface area contributed by atoms with Gasteiger partial charge in [0.25, 0.3) is 5.69 Å². The normalized spacial score (nSPS) is 12.8. The zero-order chi connectivity index (χ0) is 16.2. The fraction of sp³-hybridized carbons (Fsp3) is 0. The van der Waals surface area contributed by atoms with Crippen molar-refractivity contribution in [2.24, 2.45) is 0 Å². The van der Waals surface area contributed by atoms with E-state index in [4.69, 9.17) is 0 Å². The summed E-state index contributed by atoms with van der Waals surface area (Å²) in [4.78, 5) is 35.7. The highest BCUT2D eigenvalue weighted by atomic mass is 79.9. The van der Waals surface area contributed by atoms with Gasteiger partial charge in [-0.25, -0.2) is 0 Å². The van der Waals surface area contributed by atoms with Gasteiger partial charge in [-0.3, -0.25) is 19.7 Å². The van der Waals surface area contributed by atoms with Crippen LogP contribution in [0.2, 0.25) is 0 Å². The van der Waals surface area contributed by atoms with E-state index in [2.05, 4.69) is 31.9 Å². The van der Waals surface area contributed by atoms with Crippen molar-refractivity contribution in [3.05, 3.63) is 65.6 Å². The summed E-state index contributed by atoms with van der Waals surface area (Å²) in [6.07, 6.45) is 0. The van der Waals surface area contributed by atoms with Crippen LogP contribution < -0.4 is 0 Å².